The first-order chi connectivity index (χ1) is 9.18. The predicted octanol–water partition coefficient (Wildman–Crippen LogP) is 1.14. The van der Waals surface area contributed by atoms with E-state index in [0.717, 1.165) is 51.5 Å². The van der Waals surface area contributed by atoms with Crippen LogP contribution in [0, 0.1) is 11.8 Å². The first kappa shape index (κ1) is 14.3. The molecule has 0 radical (unpaired) electrons. The Kier molecular flexibility index (Phi) is 5.19. The molecule has 0 aromatic rings. The molecule has 2 aliphatic rings. The van der Waals surface area contributed by atoms with Crippen molar-refractivity contribution < 1.29 is 14.7 Å². The van der Waals surface area contributed by atoms with Crippen LogP contribution < -0.4 is 10.6 Å². The van der Waals surface area contributed by atoms with Crippen molar-refractivity contribution in [3.63, 3.8) is 0 Å². The van der Waals surface area contributed by atoms with Gasteiger partial charge in [-0.2, -0.15) is 0 Å². The van der Waals surface area contributed by atoms with Crippen molar-refractivity contribution in [2.75, 3.05) is 13.1 Å². The molecule has 1 amide bonds. The first-order valence-corrected chi connectivity index (χ1v) is 7.42. The van der Waals surface area contributed by atoms with Crippen LogP contribution in [-0.4, -0.2) is 36.1 Å². The topological polar surface area (TPSA) is 78.4 Å². The van der Waals surface area contributed by atoms with E-state index in [-0.39, 0.29) is 23.8 Å². The van der Waals surface area contributed by atoms with Gasteiger partial charge >= 0.3 is 5.97 Å². The Morgan fingerprint density at radius 3 is 2.53 bits per heavy atom. The second-order valence-corrected chi connectivity index (χ2v) is 5.74. The van der Waals surface area contributed by atoms with Gasteiger partial charge in [0, 0.05) is 6.54 Å². The van der Waals surface area contributed by atoms with Gasteiger partial charge in [-0.25, -0.2) is 0 Å². The molecule has 1 saturated heterocycles. The summed E-state index contributed by atoms with van der Waals surface area (Å²) in [5, 5.41) is 15.4. The Labute approximate surface area is 114 Å². The maximum atomic E-state index is 12.0. The average Bonchev–Trinajstić information content (AvgIpc) is 2.46. The lowest BCUT2D eigenvalue weighted by Crippen LogP contribution is -2.48. The lowest BCUT2D eigenvalue weighted by Gasteiger charge is -2.29. The Morgan fingerprint density at radius 2 is 1.84 bits per heavy atom. The normalized spacial score (nSPS) is 31.7. The van der Waals surface area contributed by atoms with Crippen molar-refractivity contribution in [2.45, 2.75) is 51.0 Å². The second-order valence-electron chi connectivity index (χ2n) is 5.74. The SMILES string of the molecule is O=C(O)C1CCCCC1CNC(=O)[C@H]1CCCCN1. The number of carbonyl (C=O) groups excluding carboxylic acids is 1. The summed E-state index contributed by atoms with van der Waals surface area (Å²) in [5.74, 6) is -0.865. The third-order valence-corrected chi connectivity index (χ3v) is 4.39. The standard InChI is InChI=1S/C14H24N2O3/c17-13(12-7-3-4-8-15-12)16-9-10-5-1-2-6-11(10)14(18)19/h10-12,15H,1-9H2,(H,16,17)(H,18,19)/t10?,11?,12-/m1/s1. The van der Waals surface area contributed by atoms with E-state index in [1.165, 1.54) is 0 Å². The number of hydrogen-bond donors (Lipinski definition) is 3. The average molecular weight is 268 g/mol. The summed E-state index contributed by atoms with van der Waals surface area (Å²) in [6, 6.07) is -0.0828. The van der Waals surface area contributed by atoms with Crippen LogP contribution in [0.25, 0.3) is 0 Å². The minimum absolute atomic E-state index is 0.0365. The van der Waals surface area contributed by atoms with Gasteiger partial charge in [0.1, 0.15) is 0 Å². The molecule has 2 unspecified atom stereocenters. The lowest BCUT2D eigenvalue weighted by atomic mass is 9.79. The number of amides is 1. The van der Waals surface area contributed by atoms with Crippen LogP contribution in [0.1, 0.15) is 44.9 Å². The highest BCUT2D eigenvalue weighted by atomic mass is 16.4. The molecule has 108 valence electrons. The molecule has 0 aromatic heterocycles. The van der Waals surface area contributed by atoms with Crippen molar-refractivity contribution in [2.24, 2.45) is 11.8 Å². The maximum absolute atomic E-state index is 12.0. The van der Waals surface area contributed by atoms with Crippen LogP contribution in [0.15, 0.2) is 0 Å². The van der Waals surface area contributed by atoms with Gasteiger partial charge in [0.2, 0.25) is 5.91 Å². The zero-order valence-electron chi connectivity index (χ0n) is 11.4. The number of rotatable bonds is 4. The van der Waals surface area contributed by atoms with E-state index < -0.39 is 5.97 Å². The van der Waals surface area contributed by atoms with Gasteiger partial charge in [-0.15, -0.1) is 0 Å². The third-order valence-electron chi connectivity index (χ3n) is 4.39. The highest BCUT2D eigenvalue weighted by Gasteiger charge is 2.31. The Morgan fingerprint density at radius 1 is 1.11 bits per heavy atom. The number of hydrogen-bond acceptors (Lipinski definition) is 3. The fourth-order valence-electron chi connectivity index (χ4n) is 3.21. The molecule has 1 heterocycles. The molecular formula is C14H24N2O3. The molecule has 0 aromatic carbocycles. The molecule has 2 fully saturated rings. The molecule has 1 aliphatic heterocycles. The Balaban J connectivity index is 1.79. The summed E-state index contributed by atoms with van der Waals surface area (Å²) in [5.41, 5.74) is 0. The van der Waals surface area contributed by atoms with Crippen molar-refractivity contribution in [1.82, 2.24) is 10.6 Å². The van der Waals surface area contributed by atoms with Gasteiger partial charge in [0.15, 0.2) is 0 Å². The van der Waals surface area contributed by atoms with Gasteiger partial charge in [0.05, 0.1) is 12.0 Å². The van der Waals surface area contributed by atoms with E-state index in [9.17, 15) is 14.7 Å². The van der Waals surface area contributed by atoms with Crippen LogP contribution in [0.2, 0.25) is 0 Å². The van der Waals surface area contributed by atoms with Crippen LogP contribution in [0.3, 0.4) is 0 Å². The minimum atomic E-state index is -0.713. The molecule has 19 heavy (non-hydrogen) atoms. The van der Waals surface area contributed by atoms with Crippen LogP contribution in [0.5, 0.6) is 0 Å². The molecular weight excluding hydrogens is 244 g/mol. The smallest absolute Gasteiger partial charge is 0.306 e. The van der Waals surface area contributed by atoms with Crippen molar-refractivity contribution in [3.8, 4) is 0 Å². The summed E-state index contributed by atoms with van der Waals surface area (Å²) in [6.07, 6.45) is 6.84. The van der Waals surface area contributed by atoms with Crippen molar-refractivity contribution in [3.05, 3.63) is 0 Å². The van der Waals surface area contributed by atoms with Gasteiger partial charge in [-0.3, -0.25) is 9.59 Å². The van der Waals surface area contributed by atoms with E-state index in [4.69, 9.17) is 0 Å². The fourth-order valence-corrected chi connectivity index (χ4v) is 3.21. The maximum Gasteiger partial charge on any atom is 0.306 e. The number of carboxylic acids is 1. The highest BCUT2D eigenvalue weighted by molar-refractivity contribution is 5.81. The summed E-state index contributed by atoms with van der Waals surface area (Å²) in [4.78, 5) is 23.2. The van der Waals surface area contributed by atoms with E-state index in [1.54, 1.807) is 0 Å². The molecule has 1 aliphatic carbocycles. The predicted molar refractivity (Wildman–Crippen MR) is 71.7 cm³/mol. The van der Waals surface area contributed by atoms with E-state index in [2.05, 4.69) is 10.6 Å². The number of carboxylic acid groups (broad SMARTS) is 1. The molecule has 2 rings (SSSR count). The van der Waals surface area contributed by atoms with Gasteiger partial charge < -0.3 is 15.7 Å². The molecule has 0 bridgehead atoms. The summed E-state index contributed by atoms with van der Waals surface area (Å²) in [6.45, 7) is 1.41. The number of carbonyl (C=O) groups is 2. The molecule has 5 heteroatoms. The minimum Gasteiger partial charge on any atom is -0.481 e. The van der Waals surface area contributed by atoms with Crippen molar-refractivity contribution >= 4 is 11.9 Å². The summed E-state index contributed by atoms with van der Waals surface area (Å²) < 4.78 is 0. The van der Waals surface area contributed by atoms with Crippen LogP contribution in [0.4, 0.5) is 0 Å². The molecule has 3 atom stereocenters. The third kappa shape index (κ3) is 3.93. The van der Waals surface area contributed by atoms with Gasteiger partial charge in [-0.05, 0) is 38.1 Å². The largest absolute Gasteiger partial charge is 0.481 e. The first-order valence-electron chi connectivity index (χ1n) is 7.42. The quantitative estimate of drug-likeness (QED) is 0.714. The van der Waals surface area contributed by atoms with Gasteiger partial charge in [-0.1, -0.05) is 19.3 Å². The number of nitrogens with one attached hydrogen (secondary N) is 2. The molecule has 5 nitrogen and oxygen atoms in total. The van der Waals surface area contributed by atoms with E-state index >= 15 is 0 Å². The number of piperidine rings is 1. The highest BCUT2D eigenvalue weighted by Crippen LogP contribution is 2.29. The molecule has 0 spiro atoms. The Bertz CT molecular complexity index is 327. The zero-order chi connectivity index (χ0) is 13.7. The van der Waals surface area contributed by atoms with E-state index in [0.29, 0.717) is 6.54 Å². The Hall–Kier alpha value is -1.10. The van der Waals surface area contributed by atoms with Crippen LogP contribution >= 0.6 is 0 Å². The fraction of sp³-hybridized carbons (Fsp3) is 0.857. The van der Waals surface area contributed by atoms with Crippen LogP contribution in [-0.2, 0) is 9.59 Å². The number of aliphatic carboxylic acids is 1. The summed E-state index contributed by atoms with van der Waals surface area (Å²) in [7, 11) is 0. The van der Waals surface area contributed by atoms with E-state index in [1.807, 2.05) is 0 Å². The van der Waals surface area contributed by atoms with Gasteiger partial charge in [0.25, 0.3) is 0 Å². The molecule has 1 saturated carbocycles. The monoisotopic (exact) mass is 268 g/mol. The lowest BCUT2D eigenvalue weighted by molar-refractivity contribution is -0.145. The second kappa shape index (κ2) is 6.89. The molecule has 3 N–H and O–H groups in total. The van der Waals surface area contributed by atoms with Crippen molar-refractivity contribution in [1.29, 1.82) is 0 Å². The summed E-state index contributed by atoms with van der Waals surface area (Å²) >= 11 is 0. The zero-order valence-corrected chi connectivity index (χ0v) is 11.4.